The minimum Gasteiger partial charge on any atom is -0.481 e. The zero-order valence-corrected chi connectivity index (χ0v) is 11.0. The maximum Gasteiger partial charge on any atom is 0.261 e. The molecule has 2 rings (SSSR count). The van der Waals surface area contributed by atoms with Gasteiger partial charge in [-0.25, -0.2) is 0 Å². The molecule has 0 aliphatic heterocycles. The van der Waals surface area contributed by atoms with Gasteiger partial charge in [0.2, 0.25) is 0 Å². The number of aromatic amines is 1. The lowest BCUT2D eigenvalue weighted by atomic mass is 10.2. The molecule has 5 heteroatoms. The van der Waals surface area contributed by atoms with Crippen LogP contribution >= 0.6 is 0 Å². The van der Waals surface area contributed by atoms with Crippen LogP contribution in [0.5, 0.6) is 5.75 Å². The maximum atomic E-state index is 11.9. The number of aryl methyl sites for hydroxylation is 1. The van der Waals surface area contributed by atoms with Gasteiger partial charge in [-0.1, -0.05) is 12.1 Å². The van der Waals surface area contributed by atoms with Crippen molar-refractivity contribution >= 4 is 5.91 Å². The van der Waals surface area contributed by atoms with Gasteiger partial charge in [0.15, 0.2) is 6.10 Å². The molecule has 0 fully saturated rings. The Labute approximate surface area is 112 Å². The number of H-pyrrole nitrogens is 1. The predicted molar refractivity (Wildman–Crippen MR) is 71.7 cm³/mol. The lowest BCUT2D eigenvalue weighted by molar-refractivity contribution is -0.127. The molecule has 1 heterocycles. The number of ether oxygens (including phenoxy) is 1. The van der Waals surface area contributed by atoms with Crippen LogP contribution < -0.4 is 10.1 Å². The average Bonchev–Trinajstić information content (AvgIpc) is 2.89. The SMILES string of the molecule is Cc1cccc(OC(C)C(=O)NCc2ccn[nH]2)c1. The quantitative estimate of drug-likeness (QED) is 0.860. The zero-order chi connectivity index (χ0) is 13.7. The van der Waals surface area contributed by atoms with E-state index in [1.165, 1.54) is 0 Å². The highest BCUT2D eigenvalue weighted by Crippen LogP contribution is 2.14. The Hall–Kier alpha value is -2.30. The average molecular weight is 259 g/mol. The standard InChI is InChI=1S/C14H17N3O2/c1-10-4-3-5-13(8-10)19-11(2)14(18)15-9-12-6-7-16-17-12/h3-8,11H,9H2,1-2H3,(H,15,18)(H,16,17). The number of carbonyl (C=O) groups is 1. The number of hydrogen-bond donors (Lipinski definition) is 2. The van der Waals surface area contributed by atoms with Crippen LogP contribution in [0, 0.1) is 6.92 Å². The van der Waals surface area contributed by atoms with E-state index in [0.29, 0.717) is 12.3 Å². The second kappa shape index (κ2) is 6.04. The molecular weight excluding hydrogens is 242 g/mol. The van der Waals surface area contributed by atoms with E-state index in [0.717, 1.165) is 11.3 Å². The van der Waals surface area contributed by atoms with Crippen molar-refractivity contribution in [2.75, 3.05) is 0 Å². The molecule has 1 unspecified atom stereocenters. The van der Waals surface area contributed by atoms with Crippen molar-refractivity contribution in [3.63, 3.8) is 0 Å². The summed E-state index contributed by atoms with van der Waals surface area (Å²) in [4.78, 5) is 11.9. The Morgan fingerprint density at radius 2 is 2.32 bits per heavy atom. The van der Waals surface area contributed by atoms with Gasteiger partial charge in [0.25, 0.3) is 5.91 Å². The number of nitrogens with zero attached hydrogens (tertiary/aromatic N) is 1. The first-order chi connectivity index (χ1) is 9.15. The zero-order valence-electron chi connectivity index (χ0n) is 11.0. The van der Waals surface area contributed by atoms with Crippen molar-refractivity contribution < 1.29 is 9.53 Å². The van der Waals surface area contributed by atoms with Crippen LogP contribution in [0.3, 0.4) is 0 Å². The molecule has 1 atom stereocenters. The van der Waals surface area contributed by atoms with Gasteiger partial charge in [-0.3, -0.25) is 9.89 Å². The van der Waals surface area contributed by atoms with E-state index >= 15 is 0 Å². The predicted octanol–water partition coefficient (Wildman–Crippen LogP) is 1.80. The largest absolute Gasteiger partial charge is 0.481 e. The summed E-state index contributed by atoms with van der Waals surface area (Å²) in [7, 11) is 0. The molecule has 0 radical (unpaired) electrons. The van der Waals surface area contributed by atoms with Crippen LogP contribution in [-0.4, -0.2) is 22.2 Å². The minimum absolute atomic E-state index is 0.156. The second-order valence-corrected chi connectivity index (χ2v) is 4.38. The molecule has 19 heavy (non-hydrogen) atoms. The normalized spacial score (nSPS) is 11.9. The van der Waals surface area contributed by atoms with Gasteiger partial charge in [0.1, 0.15) is 5.75 Å². The number of benzene rings is 1. The summed E-state index contributed by atoms with van der Waals surface area (Å²) in [6.07, 6.45) is 1.11. The van der Waals surface area contributed by atoms with E-state index < -0.39 is 6.10 Å². The Kier molecular flexibility index (Phi) is 4.18. The summed E-state index contributed by atoms with van der Waals surface area (Å²) in [6.45, 7) is 4.13. The van der Waals surface area contributed by atoms with E-state index in [9.17, 15) is 4.79 Å². The first kappa shape index (κ1) is 13.1. The summed E-state index contributed by atoms with van der Waals surface area (Å²) in [5.74, 6) is 0.542. The maximum absolute atomic E-state index is 11.9. The van der Waals surface area contributed by atoms with Gasteiger partial charge in [0, 0.05) is 6.20 Å². The fourth-order valence-electron chi connectivity index (χ4n) is 1.66. The van der Waals surface area contributed by atoms with Crippen molar-refractivity contribution in [3.05, 3.63) is 47.8 Å². The van der Waals surface area contributed by atoms with Crippen molar-refractivity contribution in [3.8, 4) is 5.75 Å². The second-order valence-electron chi connectivity index (χ2n) is 4.38. The number of amides is 1. The minimum atomic E-state index is -0.537. The lowest BCUT2D eigenvalue weighted by Crippen LogP contribution is -2.36. The molecule has 100 valence electrons. The van der Waals surface area contributed by atoms with E-state index in [1.807, 2.05) is 37.3 Å². The number of aromatic nitrogens is 2. The fourth-order valence-corrected chi connectivity index (χ4v) is 1.66. The first-order valence-electron chi connectivity index (χ1n) is 6.14. The van der Waals surface area contributed by atoms with E-state index in [-0.39, 0.29) is 5.91 Å². The van der Waals surface area contributed by atoms with Gasteiger partial charge in [-0.05, 0) is 37.6 Å². The van der Waals surface area contributed by atoms with Crippen LogP contribution in [0.1, 0.15) is 18.2 Å². The van der Waals surface area contributed by atoms with E-state index in [4.69, 9.17) is 4.74 Å². The molecule has 2 N–H and O–H groups in total. The third-order valence-electron chi connectivity index (χ3n) is 2.68. The van der Waals surface area contributed by atoms with Gasteiger partial charge in [-0.2, -0.15) is 5.10 Å². The van der Waals surface area contributed by atoms with Crippen LogP contribution in [0.4, 0.5) is 0 Å². The summed E-state index contributed by atoms with van der Waals surface area (Å²) in [5.41, 5.74) is 1.96. The number of nitrogens with one attached hydrogen (secondary N) is 2. The van der Waals surface area contributed by atoms with Crippen LogP contribution in [0.2, 0.25) is 0 Å². The Balaban J connectivity index is 1.85. The highest BCUT2D eigenvalue weighted by molar-refractivity contribution is 5.80. The third kappa shape index (κ3) is 3.84. The number of rotatable bonds is 5. The number of carbonyl (C=O) groups excluding carboxylic acids is 1. The Morgan fingerprint density at radius 1 is 1.47 bits per heavy atom. The smallest absolute Gasteiger partial charge is 0.261 e. The highest BCUT2D eigenvalue weighted by atomic mass is 16.5. The third-order valence-corrected chi connectivity index (χ3v) is 2.68. The number of hydrogen-bond acceptors (Lipinski definition) is 3. The summed E-state index contributed by atoms with van der Waals surface area (Å²) < 4.78 is 5.59. The highest BCUT2D eigenvalue weighted by Gasteiger charge is 2.14. The molecule has 0 aliphatic carbocycles. The molecule has 1 aromatic heterocycles. The van der Waals surface area contributed by atoms with Gasteiger partial charge in [-0.15, -0.1) is 0 Å². The topological polar surface area (TPSA) is 67.0 Å². The molecule has 1 amide bonds. The molecule has 0 aliphatic rings. The summed E-state index contributed by atoms with van der Waals surface area (Å²) >= 11 is 0. The van der Waals surface area contributed by atoms with Crippen LogP contribution in [0.15, 0.2) is 36.5 Å². The molecule has 0 saturated carbocycles. The molecule has 0 bridgehead atoms. The van der Waals surface area contributed by atoms with Crippen LogP contribution in [0.25, 0.3) is 0 Å². The summed E-state index contributed by atoms with van der Waals surface area (Å²) in [5, 5.41) is 9.38. The molecule has 0 spiro atoms. The van der Waals surface area contributed by atoms with Crippen molar-refractivity contribution in [2.45, 2.75) is 26.5 Å². The Morgan fingerprint density at radius 3 is 3.00 bits per heavy atom. The molecular formula is C14H17N3O2. The van der Waals surface area contributed by atoms with Gasteiger partial charge >= 0.3 is 0 Å². The van der Waals surface area contributed by atoms with Gasteiger partial charge < -0.3 is 10.1 Å². The monoisotopic (exact) mass is 259 g/mol. The van der Waals surface area contributed by atoms with Crippen LogP contribution in [-0.2, 0) is 11.3 Å². The Bertz CT molecular complexity index is 537. The molecule has 2 aromatic rings. The molecule has 0 saturated heterocycles. The van der Waals surface area contributed by atoms with Crippen molar-refractivity contribution in [2.24, 2.45) is 0 Å². The molecule has 5 nitrogen and oxygen atoms in total. The van der Waals surface area contributed by atoms with Crippen molar-refractivity contribution in [1.82, 2.24) is 15.5 Å². The van der Waals surface area contributed by atoms with E-state index in [2.05, 4.69) is 15.5 Å². The van der Waals surface area contributed by atoms with Gasteiger partial charge in [0.05, 0.1) is 12.2 Å². The fraction of sp³-hybridized carbons (Fsp3) is 0.286. The first-order valence-corrected chi connectivity index (χ1v) is 6.14. The van der Waals surface area contributed by atoms with Crippen molar-refractivity contribution in [1.29, 1.82) is 0 Å². The lowest BCUT2D eigenvalue weighted by Gasteiger charge is -2.14. The molecule has 1 aromatic carbocycles. The summed E-state index contributed by atoms with van der Waals surface area (Å²) in [6, 6.07) is 9.44. The van der Waals surface area contributed by atoms with E-state index in [1.54, 1.807) is 13.1 Å².